The number of guanidine groups is 1. The number of rotatable bonds is 7. The lowest BCUT2D eigenvalue weighted by atomic mass is 10.1. The fraction of sp³-hybridized carbons (Fsp3) is 0.875. The standard InChI is InChI=1S/C16H32N4O3S/c1-5-17-13(20-11-16(22)7-10-24-12-16)18-8-6-9-19-14(21)23-15(2,3)4/h22H,5-12H2,1-4H3,(H,19,21)(H2,17,18,20). The van der Waals surface area contributed by atoms with Crippen molar-refractivity contribution in [2.24, 2.45) is 4.99 Å². The highest BCUT2D eigenvalue weighted by atomic mass is 32.2. The normalized spacial score (nSPS) is 21.5. The number of alkyl carbamates (subject to hydrolysis) is 1. The average Bonchev–Trinajstić information content (AvgIpc) is 2.89. The molecule has 1 atom stereocenters. The highest BCUT2D eigenvalue weighted by molar-refractivity contribution is 7.99. The first kappa shape index (κ1) is 20.9. The molecule has 8 heteroatoms. The largest absolute Gasteiger partial charge is 0.444 e. The number of aliphatic hydroxyl groups is 1. The second-order valence-corrected chi connectivity index (χ2v) is 8.04. The molecule has 1 heterocycles. The molecule has 0 aromatic rings. The van der Waals surface area contributed by atoms with Crippen molar-refractivity contribution in [2.75, 3.05) is 37.7 Å². The van der Waals surface area contributed by atoms with Gasteiger partial charge in [0.2, 0.25) is 0 Å². The Bertz CT molecular complexity index is 418. The number of carbonyl (C=O) groups excluding carboxylic acids is 1. The topological polar surface area (TPSA) is 95.0 Å². The quantitative estimate of drug-likeness (QED) is 0.311. The first-order chi connectivity index (χ1) is 11.2. The van der Waals surface area contributed by atoms with Crippen LogP contribution in [0.5, 0.6) is 0 Å². The van der Waals surface area contributed by atoms with Gasteiger partial charge in [0.25, 0.3) is 0 Å². The van der Waals surface area contributed by atoms with E-state index in [1.807, 2.05) is 27.7 Å². The Hall–Kier alpha value is -1.15. The third kappa shape index (κ3) is 9.22. The SMILES string of the molecule is CCNC(=NCC1(O)CCSC1)NCCCNC(=O)OC(C)(C)C. The van der Waals surface area contributed by atoms with Crippen LogP contribution in [0, 0.1) is 0 Å². The molecular formula is C16H32N4O3S. The van der Waals surface area contributed by atoms with Crippen LogP contribution in [0.4, 0.5) is 4.79 Å². The van der Waals surface area contributed by atoms with Gasteiger partial charge >= 0.3 is 6.09 Å². The fourth-order valence-corrected chi connectivity index (χ4v) is 3.37. The molecule has 1 unspecified atom stereocenters. The summed E-state index contributed by atoms with van der Waals surface area (Å²) in [6, 6.07) is 0. The van der Waals surface area contributed by atoms with Gasteiger partial charge in [0, 0.05) is 25.4 Å². The molecule has 7 nitrogen and oxygen atoms in total. The van der Waals surface area contributed by atoms with E-state index < -0.39 is 17.3 Å². The number of carbonyl (C=O) groups is 1. The summed E-state index contributed by atoms with van der Waals surface area (Å²) >= 11 is 1.76. The molecule has 0 bridgehead atoms. The maximum atomic E-state index is 11.5. The number of ether oxygens (including phenoxy) is 1. The van der Waals surface area contributed by atoms with Crippen LogP contribution in [-0.4, -0.2) is 66.0 Å². The van der Waals surface area contributed by atoms with Crippen molar-refractivity contribution in [3.8, 4) is 0 Å². The lowest BCUT2D eigenvalue weighted by Crippen LogP contribution is -2.41. The molecule has 1 aliphatic heterocycles. The Morgan fingerprint density at radius 1 is 1.29 bits per heavy atom. The first-order valence-electron chi connectivity index (χ1n) is 8.53. The van der Waals surface area contributed by atoms with E-state index in [1.165, 1.54) is 0 Å². The molecule has 1 aliphatic rings. The summed E-state index contributed by atoms with van der Waals surface area (Å²) in [6.45, 7) is 9.89. The number of hydrogen-bond acceptors (Lipinski definition) is 5. The molecule has 1 rings (SSSR count). The number of aliphatic imine (C=N–C) groups is 1. The second-order valence-electron chi connectivity index (χ2n) is 6.93. The third-order valence-electron chi connectivity index (χ3n) is 3.27. The van der Waals surface area contributed by atoms with Crippen molar-refractivity contribution in [1.29, 1.82) is 0 Å². The number of amides is 1. The second kappa shape index (κ2) is 9.98. The zero-order valence-corrected chi connectivity index (χ0v) is 16.1. The van der Waals surface area contributed by atoms with Crippen molar-refractivity contribution in [3.63, 3.8) is 0 Å². The van der Waals surface area contributed by atoms with Gasteiger partial charge in [0.05, 0.1) is 12.1 Å². The van der Waals surface area contributed by atoms with Gasteiger partial charge in [-0.05, 0) is 46.3 Å². The number of nitrogens with zero attached hydrogens (tertiary/aromatic N) is 1. The summed E-state index contributed by atoms with van der Waals surface area (Å²) in [5.41, 5.74) is -1.16. The van der Waals surface area contributed by atoms with Crippen LogP contribution in [0.3, 0.4) is 0 Å². The maximum absolute atomic E-state index is 11.5. The van der Waals surface area contributed by atoms with Gasteiger partial charge in [-0.15, -0.1) is 0 Å². The Labute approximate surface area is 149 Å². The highest BCUT2D eigenvalue weighted by Crippen LogP contribution is 2.27. The minimum Gasteiger partial charge on any atom is -0.444 e. The molecule has 0 spiro atoms. The van der Waals surface area contributed by atoms with E-state index in [4.69, 9.17) is 4.74 Å². The van der Waals surface area contributed by atoms with E-state index in [9.17, 15) is 9.90 Å². The number of hydrogen-bond donors (Lipinski definition) is 4. The Morgan fingerprint density at radius 3 is 2.58 bits per heavy atom. The van der Waals surface area contributed by atoms with Gasteiger partial charge in [-0.1, -0.05) is 0 Å². The lowest BCUT2D eigenvalue weighted by Gasteiger charge is -2.20. The predicted octanol–water partition coefficient (Wildman–Crippen LogP) is 1.32. The van der Waals surface area contributed by atoms with E-state index in [0.29, 0.717) is 25.6 Å². The number of nitrogens with one attached hydrogen (secondary N) is 3. The summed E-state index contributed by atoms with van der Waals surface area (Å²) in [5.74, 6) is 2.43. The predicted molar refractivity (Wildman–Crippen MR) is 99.7 cm³/mol. The van der Waals surface area contributed by atoms with Crippen LogP contribution in [0.1, 0.15) is 40.5 Å². The van der Waals surface area contributed by atoms with E-state index in [1.54, 1.807) is 11.8 Å². The lowest BCUT2D eigenvalue weighted by molar-refractivity contribution is 0.0527. The molecule has 1 fully saturated rings. The number of thioether (sulfide) groups is 1. The third-order valence-corrected chi connectivity index (χ3v) is 4.51. The van der Waals surface area contributed by atoms with E-state index >= 15 is 0 Å². The van der Waals surface area contributed by atoms with Crippen molar-refractivity contribution >= 4 is 23.8 Å². The van der Waals surface area contributed by atoms with Crippen molar-refractivity contribution in [1.82, 2.24) is 16.0 Å². The minimum absolute atomic E-state index is 0.399. The van der Waals surface area contributed by atoms with E-state index in [0.717, 1.165) is 30.9 Å². The average molecular weight is 361 g/mol. The molecule has 4 N–H and O–H groups in total. The zero-order chi connectivity index (χ0) is 18.1. The van der Waals surface area contributed by atoms with Crippen LogP contribution < -0.4 is 16.0 Å². The van der Waals surface area contributed by atoms with Crippen LogP contribution in [-0.2, 0) is 4.74 Å². The Balaban J connectivity index is 2.25. The zero-order valence-electron chi connectivity index (χ0n) is 15.3. The first-order valence-corrected chi connectivity index (χ1v) is 9.69. The minimum atomic E-state index is -0.675. The fourth-order valence-electron chi connectivity index (χ4n) is 2.09. The van der Waals surface area contributed by atoms with Crippen molar-refractivity contribution in [3.05, 3.63) is 0 Å². The molecule has 0 aromatic carbocycles. The summed E-state index contributed by atoms with van der Waals surface area (Å²) in [5, 5.41) is 19.4. The molecular weight excluding hydrogens is 328 g/mol. The van der Waals surface area contributed by atoms with Gasteiger partial charge < -0.3 is 25.8 Å². The summed E-state index contributed by atoms with van der Waals surface area (Å²) in [6.07, 6.45) is 1.15. The van der Waals surface area contributed by atoms with Gasteiger partial charge in [-0.2, -0.15) is 11.8 Å². The van der Waals surface area contributed by atoms with Crippen LogP contribution in [0.25, 0.3) is 0 Å². The summed E-state index contributed by atoms with van der Waals surface area (Å²) < 4.78 is 5.17. The van der Waals surface area contributed by atoms with E-state index in [2.05, 4.69) is 20.9 Å². The molecule has 0 saturated carbocycles. The monoisotopic (exact) mass is 360 g/mol. The van der Waals surface area contributed by atoms with Gasteiger partial charge in [0.15, 0.2) is 5.96 Å². The smallest absolute Gasteiger partial charge is 0.407 e. The molecule has 0 aromatic heterocycles. The highest BCUT2D eigenvalue weighted by Gasteiger charge is 2.31. The molecule has 24 heavy (non-hydrogen) atoms. The Kier molecular flexibility index (Phi) is 8.69. The molecule has 0 aliphatic carbocycles. The van der Waals surface area contributed by atoms with Crippen molar-refractivity contribution in [2.45, 2.75) is 51.7 Å². The van der Waals surface area contributed by atoms with Crippen LogP contribution >= 0.6 is 11.8 Å². The van der Waals surface area contributed by atoms with Crippen LogP contribution in [0.2, 0.25) is 0 Å². The summed E-state index contributed by atoms with van der Waals surface area (Å²) in [4.78, 5) is 16.0. The molecule has 1 saturated heterocycles. The maximum Gasteiger partial charge on any atom is 0.407 e. The van der Waals surface area contributed by atoms with Crippen molar-refractivity contribution < 1.29 is 14.6 Å². The Morgan fingerprint density at radius 2 is 2.00 bits per heavy atom. The van der Waals surface area contributed by atoms with Crippen LogP contribution in [0.15, 0.2) is 4.99 Å². The van der Waals surface area contributed by atoms with Gasteiger partial charge in [-0.3, -0.25) is 4.99 Å². The van der Waals surface area contributed by atoms with Gasteiger partial charge in [0.1, 0.15) is 5.60 Å². The summed E-state index contributed by atoms with van der Waals surface area (Å²) in [7, 11) is 0. The van der Waals surface area contributed by atoms with Gasteiger partial charge in [-0.25, -0.2) is 4.79 Å². The molecule has 1 amide bonds. The molecule has 140 valence electrons. The molecule has 0 radical (unpaired) electrons. The van der Waals surface area contributed by atoms with E-state index in [-0.39, 0.29) is 0 Å².